The molecule has 0 aromatic heterocycles. The summed E-state index contributed by atoms with van der Waals surface area (Å²) in [5, 5.41) is 0. The van der Waals surface area contributed by atoms with Crippen LogP contribution >= 0.6 is 0 Å². The van der Waals surface area contributed by atoms with Crippen molar-refractivity contribution in [2.75, 3.05) is 6.54 Å². The van der Waals surface area contributed by atoms with Crippen LogP contribution in [0.5, 0.6) is 0 Å². The van der Waals surface area contributed by atoms with Gasteiger partial charge in [-0.2, -0.15) is 13.2 Å². The summed E-state index contributed by atoms with van der Waals surface area (Å²) < 4.78 is 37.3. The summed E-state index contributed by atoms with van der Waals surface area (Å²) >= 11 is 0. The molecule has 1 rings (SSSR count). The van der Waals surface area contributed by atoms with Crippen LogP contribution in [-0.2, 0) is 6.18 Å². The standard InChI is InChI=1S/C10H12F3N3/c1-2-15-9(16-14)7-4-3-5-8(6-7)10(11,12)13/h3-6H,2,14H2,1H3,(H,15,16). The zero-order chi connectivity index (χ0) is 12.2. The predicted molar refractivity (Wildman–Crippen MR) is 55.8 cm³/mol. The maximum atomic E-state index is 12.4. The van der Waals surface area contributed by atoms with Crippen LogP contribution in [0.2, 0.25) is 0 Å². The number of amidine groups is 1. The fraction of sp³-hybridized carbons (Fsp3) is 0.300. The zero-order valence-corrected chi connectivity index (χ0v) is 8.67. The lowest BCUT2D eigenvalue weighted by molar-refractivity contribution is -0.137. The molecule has 1 aromatic carbocycles. The normalized spacial score (nSPS) is 12.7. The molecule has 88 valence electrons. The first-order valence-corrected chi connectivity index (χ1v) is 4.67. The Morgan fingerprint density at radius 3 is 2.62 bits per heavy atom. The van der Waals surface area contributed by atoms with Gasteiger partial charge >= 0.3 is 6.18 Å². The molecule has 0 amide bonds. The first-order chi connectivity index (χ1) is 7.49. The second kappa shape index (κ2) is 4.98. The van der Waals surface area contributed by atoms with Crippen LogP contribution < -0.4 is 11.3 Å². The Kier molecular flexibility index (Phi) is 3.89. The zero-order valence-electron chi connectivity index (χ0n) is 8.67. The second-order valence-corrected chi connectivity index (χ2v) is 3.05. The van der Waals surface area contributed by atoms with Gasteiger partial charge in [0.25, 0.3) is 0 Å². The molecule has 0 heterocycles. The van der Waals surface area contributed by atoms with Gasteiger partial charge in [0.05, 0.1) is 5.56 Å². The van der Waals surface area contributed by atoms with E-state index in [1.54, 1.807) is 6.92 Å². The average Bonchev–Trinajstić information content (AvgIpc) is 2.25. The van der Waals surface area contributed by atoms with Gasteiger partial charge in [-0.25, -0.2) is 5.84 Å². The van der Waals surface area contributed by atoms with Crippen molar-refractivity contribution in [3.8, 4) is 0 Å². The Balaban J connectivity index is 3.12. The summed E-state index contributed by atoms with van der Waals surface area (Å²) in [6.45, 7) is 2.21. The van der Waals surface area contributed by atoms with E-state index in [2.05, 4.69) is 10.4 Å². The summed E-state index contributed by atoms with van der Waals surface area (Å²) in [6, 6.07) is 4.85. The van der Waals surface area contributed by atoms with Crippen LogP contribution in [0.3, 0.4) is 0 Å². The minimum absolute atomic E-state index is 0.244. The van der Waals surface area contributed by atoms with Crippen molar-refractivity contribution in [2.24, 2.45) is 10.8 Å². The number of benzene rings is 1. The molecule has 16 heavy (non-hydrogen) atoms. The van der Waals surface area contributed by atoms with Crippen LogP contribution in [-0.4, -0.2) is 12.4 Å². The van der Waals surface area contributed by atoms with Gasteiger partial charge < -0.3 is 5.43 Å². The Morgan fingerprint density at radius 1 is 1.44 bits per heavy atom. The quantitative estimate of drug-likeness (QED) is 0.353. The first-order valence-electron chi connectivity index (χ1n) is 4.67. The molecule has 6 heteroatoms. The summed E-state index contributed by atoms with van der Waals surface area (Å²) in [5.74, 6) is 5.43. The Labute approximate surface area is 91.1 Å². The number of nitrogens with one attached hydrogen (secondary N) is 1. The summed E-state index contributed by atoms with van der Waals surface area (Å²) in [6.07, 6.45) is -4.36. The number of hydrogen-bond acceptors (Lipinski definition) is 2. The largest absolute Gasteiger partial charge is 0.416 e. The predicted octanol–water partition coefficient (Wildman–Crippen LogP) is 1.94. The van der Waals surface area contributed by atoms with Crippen molar-refractivity contribution in [3.63, 3.8) is 0 Å². The SMILES string of the molecule is CCN=C(NN)c1cccc(C(F)(F)F)c1. The molecular formula is C10H12F3N3. The third kappa shape index (κ3) is 2.96. The highest BCUT2D eigenvalue weighted by atomic mass is 19.4. The highest BCUT2D eigenvalue weighted by molar-refractivity contribution is 5.98. The molecule has 0 spiro atoms. The molecular weight excluding hydrogens is 219 g/mol. The van der Waals surface area contributed by atoms with Gasteiger partial charge in [0, 0.05) is 12.1 Å². The van der Waals surface area contributed by atoms with Gasteiger partial charge in [0.15, 0.2) is 0 Å². The monoisotopic (exact) mass is 231 g/mol. The van der Waals surface area contributed by atoms with E-state index in [0.29, 0.717) is 12.1 Å². The molecule has 0 saturated heterocycles. The summed E-state index contributed by atoms with van der Waals surface area (Å²) in [4.78, 5) is 3.95. The number of hydrazine groups is 1. The first kappa shape index (κ1) is 12.5. The van der Waals surface area contributed by atoms with E-state index in [4.69, 9.17) is 5.84 Å². The lowest BCUT2D eigenvalue weighted by Gasteiger charge is -2.10. The maximum absolute atomic E-state index is 12.4. The summed E-state index contributed by atoms with van der Waals surface area (Å²) in [7, 11) is 0. The lowest BCUT2D eigenvalue weighted by atomic mass is 10.1. The fourth-order valence-corrected chi connectivity index (χ4v) is 1.22. The maximum Gasteiger partial charge on any atom is 0.416 e. The third-order valence-electron chi connectivity index (χ3n) is 1.92. The minimum atomic E-state index is -4.36. The van der Waals surface area contributed by atoms with Gasteiger partial charge in [-0.3, -0.25) is 4.99 Å². The van der Waals surface area contributed by atoms with E-state index in [1.807, 2.05) is 0 Å². The number of nitrogens with two attached hydrogens (primary N) is 1. The van der Waals surface area contributed by atoms with Crippen LogP contribution in [0.15, 0.2) is 29.3 Å². The number of rotatable bonds is 2. The smallest absolute Gasteiger partial charge is 0.308 e. The third-order valence-corrected chi connectivity index (χ3v) is 1.92. The Hall–Kier alpha value is -1.56. The fourth-order valence-electron chi connectivity index (χ4n) is 1.22. The Bertz CT molecular complexity index is 385. The molecule has 0 atom stereocenters. The van der Waals surface area contributed by atoms with Crippen molar-refractivity contribution in [2.45, 2.75) is 13.1 Å². The van der Waals surface area contributed by atoms with E-state index in [9.17, 15) is 13.2 Å². The van der Waals surface area contributed by atoms with E-state index >= 15 is 0 Å². The number of halogens is 3. The molecule has 0 saturated carbocycles. The van der Waals surface area contributed by atoms with Crippen molar-refractivity contribution < 1.29 is 13.2 Å². The Morgan fingerprint density at radius 2 is 2.12 bits per heavy atom. The van der Waals surface area contributed by atoms with Gasteiger partial charge in [-0.15, -0.1) is 0 Å². The topological polar surface area (TPSA) is 50.4 Å². The van der Waals surface area contributed by atoms with Gasteiger partial charge in [-0.1, -0.05) is 12.1 Å². The molecule has 0 aliphatic rings. The number of alkyl halides is 3. The number of hydrogen-bond donors (Lipinski definition) is 2. The highest BCUT2D eigenvalue weighted by Gasteiger charge is 2.30. The van der Waals surface area contributed by atoms with Gasteiger partial charge in [-0.05, 0) is 19.1 Å². The van der Waals surface area contributed by atoms with E-state index < -0.39 is 11.7 Å². The molecule has 1 aromatic rings. The molecule has 0 unspecified atom stereocenters. The molecule has 3 N–H and O–H groups in total. The van der Waals surface area contributed by atoms with Crippen molar-refractivity contribution in [3.05, 3.63) is 35.4 Å². The number of nitrogens with zero attached hydrogens (tertiary/aromatic N) is 1. The van der Waals surface area contributed by atoms with Crippen LogP contribution in [0.4, 0.5) is 13.2 Å². The average molecular weight is 231 g/mol. The molecule has 0 aliphatic carbocycles. The highest BCUT2D eigenvalue weighted by Crippen LogP contribution is 2.29. The second-order valence-electron chi connectivity index (χ2n) is 3.05. The molecule has 3 nitrogen and oxygen atoms in total. The van der Waals surface area contributed by atoms with Gasteiger partial charge in [0.2, 0.25) is 0 Å². The van der Waals surface area contributed by atoms with E-state index in [-0.39, 0.29) is 5.84 Å². The van der Waals surface area contributed by atoms with Crippen molar-refractivity contribution in [1.82, 2.24) is 5.43 Å². The van der Waals surface area contributed by atoms with E-state index in [0.717, 1.165) is 12.1 Å². The molecule has 0 radical (unpaired) electrons. The van der Waals surface area contributed by atoms with Crippen molar-refractivity contribution in [1.29, 1.82) is 0 Å². The summed E-state index contributed by atoms with van der Waals surface area (Å²) in [5.41, 5.74) is 1.88. The van der Waals surface area contributed by atoms with Gasteiger partial charge in [0.1, 0.15) is 5.84 Å². The van der Waals surface area contributed by atoms with Crippen molar-refractivity contribution >= 4 is 5.84 Å². The van der Waals surface area contributed by atoms with E-state index in [1.165, 1.54) is 12.1 Å². The van der Waals surface area contributed by atoms with Crippen LogP contribution in [0.1, 0.15) is 18.1 Å². The minimum Gasteiger partial charge on any atom is -0.308 e. The molecule has 0 bridgehead atoms. The number of aliphatic imine (C=N–C) groups is 1. The molecule has 0 aliphatic heterocycles. The van der Waals surface area contributed by atoms with Crippen LogP contribution in [0, 0.1) is 0 Å². The molecule has 0 fully saturated rings. The van der Waals surface area contributed by atoms with Crippen LogP contribution in [0.25, 0.3) is 0 Å². The lowest BCUT2D eigenvalue weighted by Crippen LogP contribution is -2.31.